The smallest absolute Gasteiger partial charge is 0.344 e. The van der Waals surface area contributed by atoms with Crippen molar-refractivity contribution in [1.82, 2.24) is 0 Å². The Labute approximate surface area is 130 Å². The zero-order valence-electron chi connectivity index (χ0n) is 12.3. The van der Waals surface area contributed by atoms with E-state index in [-0.39, 0.29) is 5.63 Å². The van der Waals surface area contributed by atoms with Crippen LogP contribution in [0.4, 0.5) is 0 Å². The van der Waals surface area contributed by atoms with Crippen molar-refractivity contribution in [3.05, 3.63) is 70.6 Å². The van der Waals surface area contributed by atoms with Crippen molar-refractivity contribution in [2.75, 3.05) is 7.11 Å². The first-order valence-corrected chi connectivity index (χ1v) is 7.16. The molecule has 4 heteroatoms. The molecule has 0 unspecified atom stereocenters. The topological polar surface area (TPSA) is 56.5 Å². The maximum Gasteiger partial charge on any atom is 0.344 e. The Morgan fingerprint density at radius 3 is 2.17 bits per heavy atom. The average Bonchev–Trinajstić information content (AvgIpc) is 2.61. The third-order valence-electron chi connectivity index (χ3n) is 4.03. The first kappa shape index (κ1) is 13.5. The van der Waals surface area contributed by atoms with Crippen LogP contribution in [0.25, 0.3) is 32.5 Å². The highest BCUT2D eigenvalue weighted by Gasteiger charge is 2.17. The molecule has 0 atom stereocenters. The fourth-order valence-electron chi connectivity index (χ4n) is 2.98. The minimum Gasteiger partial charge on any atom is -0.465 e. The van der Waals surface area contributed by atoms with Gasteiger partial charge in [0.05, 0.1) is 18.1 Å². The van der Waals surface area contributed by atoms with Crippen LogP contribution in [0.5, 0.6) is 0 Å². The molecular formula is C19H12O4. The van der Waals surface area contributed by atoms with E-state index in [9.17, 15) is 9.59 Å². The largest absolute Gasteiger partial charge is 0.465 e. The Kier molecular flexibility index (Phi) is 2.91. The third-order valence-corrected chi connectivity index (χ3v) is 4.03. The SMILES string of the molecule is COC(=O)c1cc2c3ccccc3c(=O)oc2c2ccccc12. The second kappa shape index (κ2) is 4.95. The van der Waals surface area contributed by atoms with Crippen molar-refractivity contribution < 1.29 is 13.9 Å². The number of methoxy groups -OCH3 is 1. The Morgan fingerprint density at radius 1 is 0.870 bits per heavy atom. The van der Waals surface area contributed by atoms with Gasteiger partial charge in [-0.15, -0.1) is 0 Å². The summed E-state index contributed by atoms with van der Waals surface area (Å²) in [4.78, 5) is 24.4. The summed E-state index contributed by atoms with van der Waals surface area (Å²) in [6.45, 7) is 0. The molecule has 0 bridgehead atoms. The minimum absolute atomic E-state index is 0.385. The fraction of sp³-hybridized carbons (Fsp3) is 0.0526. The number of rotatable bonds is 1. The maximum atomic E-state index is 12.3. The minimum atomic E-state index is -0.418. The van der Waals surface area contributed by atoms with E-state index >= 15 is 0 Å². The molecule has 0 saturated carbocycles. The molecule has 1 heterocycles. The highest BCUT2D eigenvalue weighted by atomic mass is 16.5. The number of hydrogen-bond donors (Lipinski definition) is 0. The Hall–Kier alpha value is -3.14. The molecule has 3 aromatic carbocycles. The molecule has 0 aliphatic carbocycles. The lowest BCUT2D eigenvalue weighted by Gasteiger charge is -2.09. The maximum absolute atomic E-state index is 12.3. The van der Waals surface area contributed by atoms with Gasteiger partial charge in [0.1, 0.15) is 5.58 Å². The zero-order valence-corrected chi connectivity index (χ0v) is 12.3. The molecule has 0 amide bonds. The predicted molar refractivity (Wildman–Crippen MR) is 88.8 cm³/mol. The second-order valence-corrected chi connectivity index (χ2v) is 5.27. The van der Waals surface area contributed by atoms with Gasteiger partial charge in [-0.2, -0.15) is 0 Å². The monoisotopic (exact) mass is 304 g/mol. The van der Waals surface area contributed by atoms with Crippen LogP contribution >= 0.6 is 0 Å². The molecule has 4 nitrogen and oxygen atoms in total. The third kappa shape index (κ3) is 1.92. The first-order valence-electron chi connectivity index (χ1n) is 7.16. The highest BCUT2D eigenvalue weighted by molar-refractivity contribution is 6.19. The van der Waals surface area contributed by atoms with E-state index in [0.29, 0.717) is 27.3 Å². The predicted octanol–water partition coefficient (Wildman–Crippen LogP) is 3.89. The normalized spacial score (nSPS) is 11.2. The molecule has 1 aromatic heterocycles. The van der Waals surface area contributed by atoms with Gasteiger partial charge in [-0.3, -0.25) is 0 Å². The summed E-state index contributed by atoms with van der Waals surface area (Å²) < 4.78 is 10.4. The van der Waals surface area contributed by atoms with Gasteiger partial charge < -0.3 is 9.15 Å². The van der Waals surface area contributed by atoms with Gasteiger partial charge in [-0.25, -0.2) is 9.59 Å². The Morgan fingerprint density at radius 2 is 1.48 bits per heavy atom. The van der Waals surface area contributed by atoms with Gasteiger partial charge in [0.25, 0.3) is 0 Å². The van der Waals surface area contributed by atoms with E-state index < -0.39 is 5.97 Å². The number of carbonyl (C=O) groups is 1. The van der Waals surface area contributed by atoms with Crippen LogP contribution < -0.4 is 5.63 Å². The van der Waals surface area contributed by atoms with Gasteiger partial charge in [0, 0.05) is 10.8 Å². The quantitative estimate of drug-likeness (QED) is 0.304. The summed E-state index contributed by atoms with van der Waals surface area (Å²) in [5.41, 5.74) is 0.552. The van der Waals surface area contributed by atoms with E-state index in [1.54, 1.807) is 18.2 Å². The Balaban J connectivity index is 2.32. The summed E-state index contributed by atoms with van der Waals surface area (Å²) in [5, 5.41) is 3.39. The molecule has 0 radical (unpaired) electrons. The van der Waals surface area contributed by atoms with Crippen molar-refractivity contribution in [2.45, 2.75) is 0 Å². The standard InChI is InChI=1S/C19H12O4/c1-22-18(20)16-10-15-12-7-3-5-9-14(12)19(21)23-17(15)13-8-4-2-6-11(13)16/h2-10H,1H3. The van der Waals surface area contributed by atoms with Crippen LogP contribution in [-0.2, 0) is 4.74 Å². The van der Waals surface area contributed by atoms with Gasteiger partial charge in [0.2, 0.25) is 0 Å². The van der Waals surface area contributed by atoms with Crippen molar-refractivity contribution in [3.8, 4) is 0 Å². The van der Waals surface area contributed by atoms with Crippen LogP contribution in [0, 0.1) is 0 Å². The summed E-state index contributed by atoms with van der Waals surface area (Å²) in [7, 11) is 1.35. The number of carbonyl (C=O) groups excluding carboxylic acids is 1. The van der Waals surface area contributed by atoms with E-state index in [4.69, 9.17) is 9.15 Å². The van der Waals surface area contributed by atoms with Gasteiger partial charge in [-0.05, 0) is 22.9 Å². The molecule has 4 aromatic rings. The molecule has 0 spiro atoms. The van der Waals surface area contributed by atoms with Gasteiger partial charge in [-0.1, -0.05) is 42.5 Å². The van der Waals surface area contributed by atoms with Crippen LogP contribution in [-0.4, -0.2) is 13.1 Å². The molecule has 0 saturated heterocycles. The summed E-state index contributed by atoms with van der Waals surface area (Å²) in [5.74, 6) is -0.418. The van der Waals surface area contributed by atoms with Crippen LogP contribution in [0.3, 0.4) is 0 Å². The van der Waals surface area contributed by atoms with E-state index in [1.165, 1.54) is 7.11 Å². The van der Waals surface area contributed by atoms with Gasteiger partial charge in [0.15, 0.2) is 0 Å². The number of esters is 1. The highest BCUT2D eigenvalue weighted by Crippen LogP contribution is 2.32. The van der Waals surface area contributed by atoms with E-state index in [1.807, 2.05) is 36.4 Å². The van der Waals surface area contributed by atoms with E-state index in [2.05, 4.69) is 0 Å². The molecule has 23 heavy (non-hydrogen) atoms. The summed E-state index contributed by atoms with van der Waals surface area (Å²) in [6, 6.07) is 16.3. The number of ether oxygens (including phenoxy) is 1. The molecule has 4 rings (SSSR count). The van der Waals surface area contributed by atoms with E-state index in [0.717, 1.165) is 10.8 Å². The number of hydrogen-bond acceptors (Lipinski definition) is 4. The molecule has 0 aliphatic heterocycles. The molecule has 0 N–H and O–H groups in total. The fourth-order valence-corrected chi connectivity index (χ4v) is 2.98. The second-order valence-electron chi connectivity index (χ2n) is 5.27. The summed E-state index contributed by atoms with van der Waals surface area (Å²) >= 11 is 0. The lowest BCUT2D eigenvalue weighted by Crippen LogP contribution is -2.04. The molecular weight excluding hydrogens is 292 g/mol. The van der Waals surface area contributed by atoms with Crippen molar-refractivity contribution in [2.24, 2.45) is 0 Å². The average molecular weight is 304 g/mol. The molecule has 112 valence electrons. The zero-order chi connectivity index (χ0) is 16.0. The van der Waals surface area contributed by atoms with Crippen LogP contribution in [0.15, 0.2) is 63.8 Å². The Bertz CT molecular complexity index is 1140. The number of fused-ring (bicyclic) bond motifs is 5. The van der Waals surface area contributed by atoms with Crippen molar-refractivity contribution in [1.29, 1.82) is 0 Å². The van der Waals surface area contributed by atoms with Crippen LogP contribution in [0.1, 0.15) is 10.4 Å². The number of benzene rings is 3. The lowest BCUT2D eigenvalue weighted by molar-refractivity contribution is 0.0603. The van der Waals surface area contributed by atoms with Crippen molar-refractivity contribution in [3.63, 3.8) is 0 Å². The lowest BCUT2D eigenvalue weighted by atomic mass is 9.98. The first-order chi connectivity index (χ1) is 11.2. The van der Waals surface area contributed by atoms with Gasteiger partial charge >= 0.3 is 11.6 Å². The summed E-state index contributed by atoms with van der Waals surface area (Å²) in [6.07, 6.45) is 0. The molecule has 0 fully saturated rings. The van der Waals surface area contributed by atoms with Crippen LogP contribution in [0.2, 0.25) is 0 Å². The molecule has 0 aliphatic rings. The van der Waals surface area contributed by atoms with Crippen molar-refractivity contribution >= 4 is 38.5 Å².